The van der Waals surface area contributed by atoms with Gasteiger partial charge in [-0.15, -0.1) is 0 Å². The lowest BCUT2D eigenvalue weighted by molar-refractivity contribution is -0.132. The van der Waals surface area contributed by atoms with Crippen molar-refractivity contribution in [3.8, 4) is 5.75 Å². The van der Waals surface area contributed by atoms with Crippen LogP contribution in [0.5, 0.6) is 5.75 Å². The number of halogens is 1. The maximum absolute atomic E-state index is 13.1. The van der Waals surface area contributed by atoms with Gasteiger partial charge in [0, 0.05) is 16.3 Å². The highest BCUT2D eigenvalue weighted by Gasteiger charge is 2.48. The largest absolute Gasteiger partial charge is 0.507 e. The van der Waals surface area contributed by atoms with Crippen molar-refractivity contribution in [2.75, 3.05) is 11.5 Å². The Morgan fingerprint density at radius 1 is 1.16 bits per heavy atom. The van der Waals surface area contributed by atoms with Crippen LogP contribution in [0.1, 0.15) is 29.9 Å². The van der Waals surface area contributed by atoms with Crippen LogP contribution in [0, 0.1) is 6.92 Å². The molecule has 0 spiro atoms. The molecule has 4 rings (SSSR count). The normalized spacial score (nSPS) is 17.9. The highest BCUT2D eigenvalue weighted by Crippen LogP contribution is 2.43. The van der Waals surface area contributed by atoms with Crippen molar-refractivity contribution in [3.63, 3.8) is 0 Å². The van der Waals surface area contributed by atoms with Crippen molar-refractivity contribution < 1.29 is 23.8 Å². The number of aryl methyl sites for hydroxylation is 1. The van der Waals surface area contributed by atoms with Crippen LogP contribution >= 0.6 is 11.6 Å². The van der Waals surface area contributed by atoms with E-state index in [0.717, 1.165) is 5.56 Å². The Morgan fingerprint density at radius 2 is 1.90 bits per heavy atom. The summed E-state index contributed by atoms with van der Waals surface area (Å²) in [6, 6.07) is 14.1. The third-order valence-corrected chi connectivity index (χ3v) is 5.36. The molecule has 0 saturated carbocycles. The van der Waals surface area contributed by atoms with E-state index in [1.807, 2.05) is 13.8 Å². The van der Waals surface area contributed by atoms with Crippen LogP contribution in [0.2, 0.25) is 5.02 Å². The summed E-state index contributed by atoms with van der Waals surface area (Å²) in [6.45, 7) is 4.20. The number of ether oxygens (including phenoxy) is 1. The van der Waals surface area contributed by atoms with Gasteiger partial charge in [0.1, 0.15) is 23.3 Å². The van der Waals surface area contributed by atoms with Gasteiger partial charge in [0.25, 0.3) is 11.7 Å². The van der Waals surface area contributed by atoms with Crippen LogP contribution in [0.15, 0.2) is 70.9 Å². The van der Waals surface area contributed by atoms with E-state index in [1.54, 1.807) is 54.6 Å². The Kier molecular flexibility index (Phi) is 5.57. The molecule has 158 valence electrons. The summed E-state index contributed by atoms with van der Waals surface area (Å²) in [4.78, 5) is 27.5. The minimum atomic E-state index is -0.932. The number of anilines is 1. The molecule has 2 aromatic carbocycles. The molecule has 1 atom stereocenters. The number of hydrogen-bond donors (Lipinski definition) is 1. The van der Waals surface area contributed by atoms with E-state index in [4.69, 9.17) is 20.8 Å². The van der Waals surface area contributed by atoms with E-state index in [9.17, 15) is 14.7 Å². The van der Waals surface area contributed by atoms with Gasteiger partial charge in [-0.3, -0.25) is 14.5 Å². The van der Waals surface area contributed by atoms with E-state index < -0.39 is 17.7 Å². The lowest BCUT2D eigenvalue weighted by atomic mass is 9.99. The minimum absolute atomic E-state index is 0.0523. The lowest BCUT2D eigenvalue weighted by Crippen LogP contribution is -2.30. The molecule has 1 aliphatic heterocycles. The minimum Gasteiger partial charge on any atom is -0.507 e. The summed E-state index contributed by atoms with van der Waals surface area (Å²) in [5.74, 6) is -0.862. The van der Waals surface area contributed by atoms with E-state index in [0.29, 0.717) is 34.4 Å². The Morgan fingerprint density at radius 3 is 2.55 bits per heavy atom. The number of rotatable bonds is 5. The number of aliphatic hydroxyl groups is 1. The maximum Gasteiger partial charge on any atom is 0.300 e. The van der Waals surface area contributed by atoms with Crippen LogP contribution in [0.25, 0.3) is 5.76 Å². The summed E-state index contributed by atoms with van der Waals surface area (Å²) >= 11 is 6.17. The van der Waals surface area contributed by atoms with E-state index in [1.165, 1.54) is 11.2 Å². The predicted molar refractivity (Wildman–Crippen MR) is 117 cm³/mol. The summed E-state index contributed by atoms with van der Waals surface area (Å²) in [6.07, 6.45) is 1.46. The number of ketones is 1. The zero-order valence-electron chi connectivity index (χ0n) is 17.0. The van der Waals surface area contributed by atoms with Crippen molar-refractivity contribution >= 4 is 34.7 Å². The fourth-order valence-corrected chi connectivity index (χ4v) is 3.84. The first kappa shape index (κ1) is 20.8. The average molecular weight is 438 g/mol. The molecule has 1 N–H and O–H groups in total. The molecule has 7 heteroatoms. The van der Waals surface area contributed by atoms with Crippen molar-refractivity contribution in [1.29, 1.82) is 0 Å². The summed E-state index contributed by atoms with van der Waals surface area (Å²) in [5, 5.41) is 11.5. The fourth-order valence-electron chi connectivity index (χ4n) is 3.67. The quantitative estimate of drug-likeness (QED) is 0.334. The highest BCUT2D eigenvalue weighted by molar-refractivity contribution is 6.51. The Balaban J connectivity index is 1.89. The maximum atomic E-state index is 13.1. The number of aliphatic hydroxyl groups excluding tert-OH is 1. The monoisotopic (exact) mass is 437 g/mol. The Hall–Kier alpha value is -3.51. The molecule has 0 radical (unpaired) electrons. The number of carbonyl (C=O) groups excluding carboxylic acids is 2. The van der Waals surface area contributed by atoms with Crippen LogP contribution in [0.3, 0.4) is 0 Å². The first-order valence-corrected chi connectivity index (χ1v) is 10.1. The zero-order chi connectivity index (χ0) is 22.1. The molecule has 0 bridgehead atoms. The smallest absolute Gasteiger partial charge is 0.300 e. The third kappa shape index (κ3) is 3.70. The molecule has 1 fully saturated rings. The Bertz CT molecular complexity index is 1170. The van der Waals surface area contributed by atoms with Gasteiger partial charge in [0.2, 0.25) is 0 Å². The number of hydrogen-bond acceptors (Lipinski definition) is 5. The molecular formula is C24H20ClNO5. The molecule has 6 nitrogen and oxygen atoms in total. The molecule has 1 unspecified atom stereocenters. The molecule has 1 amide bonds. The van der Waals surface area contributed by atoms with Gasteiger partial charge in [0.05, 0.1) is 18.4 Å². The molecule has 1 aromatic heterocycles. The SMILES string of the molecule is CCOc1ccc(/C(O)=C2/C(=O)C(=O)N(c3cc(Cl)ccc3C)C2c2ccco2)cc1. The second-order valence-electron chi connectivity index (χ2n) is 7.07. The van der Waals surface area contributed by atoms with Gasteiger partial charge in [0.15, 0.2) is 0 Å². The van der Waals surface area contributed by atoms with Gasteiger partial charge >= 0.3 is 0 Å². The molecular weight excluding hydrogens is 418 g/mol. The van der Waals surface area contributed by atoms with Crippen molar-refractivity contribution in [2.24, 2.45) is 0 Å². The zero-order valence-corrected chi connectivity index (χ0v) is 17.7. The van der Waals surface area contributed by atoms with Crippen LogP contribution in [-0.2, 0) is 9.59 Å². The van der Waals surface area contributed by atoms with Crippen molar-refractivity contribution in [1.82, 2.24) is 0 Å². The predicted octanol–water partition coefficient (Wildman–Crippen LogP) is 5.27. The van der Waals surface area contributed by atoms with Gasteiger partial charge < -0.3 is 14.3 Å². The molecule has 1 saturated heterocycles. The lowest BCUT2D eigenvalue weighted by Gasteiger charge is -2.25. The first-order valence-electron chi connectivity index (χ1n) is 9.76. The van der Waals surface area contributed by atoms with Crippen molar-refractivity contribution in [2.45, 2.75) is 19.9 Å². The number of Topliss-reactive ketones (excluding diaryl/α,β-unsaturated/α-hetero) is 1. The van der Waals surface area contributed by atoms with Gasteiger partial charge in [-0.1, -0.05) is 17.7 Å². The number of carbonyl (C=O) groups is 2. The van der Waals surface area contributed by atoms with Crippen LogP contribution < -0.4 is 9.64 Å². The average Bonchev–Trinajstić information content (AvgIpc) is 3.37. The molecule has 1 aliphatic rings. The number of furan rings is 1. The summed E-state index contributed by atoms with van der Waals surface area (Å²) < 4.78 is 11.0. The van der Waals surface area contributed by atoms with E-state index in [2.05, 4.69) is 0 Å². The molecule has 3 aromatic rings. The van der Waals surface area contributed by atoms with Crippen LogP contribution in [-0.4, -0.2) is 23.4 Å². The third-order valence-electron chi connectivity index (χ3n) is 5.13. The number of benzene rings is 2. The standard InChI is InChI=1S/C24H20ClNO5/c1-3-30-17-10-7-15(8-11-17)22(27)20-21(19-5-4-12-31-19)26(24(29)23(20)28)18-13-16(25)9-6-14(18)2/h4-13,21,27H,3H2,1-2H3/b22-20-. The van der Waals surface area contributed by atoms with Crippen LogP contribution in [0.4, 0.5) is 5.69 Å². The fraction of sp³-hybridized carbons (Fsp3) is 0.167. The molecule has 31 heavy (non-hydrogen) atoms. The Labute approximate surface area is 184 Å². The summed E-state index contributed by atoms with van der Waals surface area (Å²) in [7, 11) is 0. The van der Waals surface area contributed by atoms with Gasteiger partial charge in [-0.25, -0.2) is 0 Å². The number of amides is 1. The van der Waals surface area contributed by atoms with Gasteiger partial charge in [-0.2, -0.15) is 0 Å². The van der Waals surface area contributed by atoms with E-state index >= 15 is 0 Å². The highest BCUT2D eigenvalue weighted by atomic mass is 35.5. The van der Waals surface area contributed by atoms with Gasteiger partial charge in [-0.05, 0) is 67.9 Å². The van der Waals surface area contributed by atoms with E-state index in [-0.39, 0.29) is 11.3 Å². The first-order chi connectivity index (χ1) is 14.9. The summed E-state index contributed by atoms with van der Waals surface area (Å²) in [5.41, 5.74) is 1.56. The van der Waals surface area contributed by atoms with Crippen molar-refractivity contribution in [3.05, 3.63) is 88.3 Å². The molecule has 2 heterocycles. The second kappa shape index (κ2) is 8.32. The number of nitrogens with zero attached hydrogens (tertiary/aromatic N) is 1. The molecule has 0 aliphatic carbocycles. The second-order valence-corrected chi connectivity index (χ2v) is 7.51. The topological polar surface area (TPSA) is 80.0 Å².